The molecule has 90 heavy (non-hydrogen) atoms. The van der Waals surface area contributed by atoms with E-state index in [-0.39, 0.29) is 23.7 Å². The molecule has 40 heteroatoms. The third-order valence-electron chi connectivity index (χ3n) is 15.0. The first-order chi connectivity index (χ1) is 42.2. The van der Waals surface area contributed by atoms with Gasteiger partial charge in [-0.25, -0.2) is 44.7 Å². The van der Waals surface area contributed by atoms with Crippen LogP contribution < -0.4 is 0 Å². The van der Waals surface area contributed by atoms with E-state index in [1.165, 1.54) is 45.7 Å². The number of aliphatic carboxylic acids is 1. The first kappa shape index (κ1) is 70.0. The van der Waals surface area contributed by atoms with E-state index in [9.17, 15) is 28.7 Å². The molecule has 5 N–H and O–H groups in total. The predicted octanol–water partition coefficient (Wildman–Crippen LogP) is 4.78. The summed E-state index contributed by atoms with van der Waals surface area (Å²) in [6.07, 6.45) is -4.64. The molecule has 0 amide bonds. The molecule has 5 aliphatic heterocycles. The number of carboxylic acids is 1. The zero-order valence-electron chi connectivity index (χ0n) is 51.1. The number of fused-ring (bicyclic) bond motifs is 5. The number of carbonyl (C=O) groups is 1. The Labute approximate surface area is 523 Å². The third kappa shape index (κ3) is 14.3. The summed E-state index contributed by atoms with van der Waals surface area (Å²) in [6, 6.07) is 0. The Bertz CT molecular complexity index is 3550. The smallest absolute Gasteiger partial charge is 0.365 e. The highest BCUT2D eigenvalue weighted by atomic mass is 35.5. The van der Waals surface area contributed by atoms with E-state index in [2.05, 4.69) is 44.9 Å². The fourth-order valence-corrected chi connectivity index (χ4v) is 13.8. The second-order valence-corrected chi connectivity index (χ2v) is 29.5. The number of carboxylic acid groups (broad SMARTS) is 1. The van der Waals surface area contributed by atoms with E-state index in [1.54, 1.807) is 38.6 Å². The van der Waals surface area contributed by atoms with E-state index >= 15 is 0 Å². The molecule has 0 bridgehead atoms. The van der Waals surface area contributed by atoms with Crippen molar-refractivity contribution in [1.82, 2.24) is 58.6 Å². The molecule has 11 heterocycles. The first-order valence-electron chi connectivity index (χ1n) is 27.7. The van der Waals surface area contributed by atoms with Crippen LogP contribution in [0.2, 0.25) is 10.4 Å². The van der Waals surface area contributed by atoms with E-state index in [0.29, 0.717) is 50.8 Å². The van der Waals surface area contributed by atoms with Crippen LogP contribution in [-0.4, -0.2) is 222 Å². The van der Waals surface area contributed by atoms with Gasteiger partial charge in [-0.2, -0.15) is 4.98 Å². The van der Waals surface area contributed by atoms with Crippen molar-refractivity contribution in [2.75, 3.05) is 48.3 Å². The molecule has 35 nitrogen and oxygen atoms in total. The maximum absolute atomic E-state index is 12.6. The molecule has 0 aliphatic carbocycles. The van der Waals surface area contributed by atoms with Gasteiger partial charge in [-0.05, 0) is 80.8 Å². The van der Waals surface area contributed by atoms with Gasteiger partial charge in [-0.1, -0.05) is 11.6 Å². The van der Waals surface area contributed by atoms with Crippen LogP contribution in [0.5, 0.6) is 0 Å². The Morgan fingerprint density at radius 1 is 0.567 bits per heavy atom. The van der Waals surface area contributed by atoms with E-state index in [0.717, 1.165) is 5.69 Å². The van der Waals surface area contributed by atoms with Gasteiger partial charge >= 0.3 is 28.8 Å². The number of halogens is 2. The molecule has 0 spiro atoms. The summed E-state index contributed by atoms with van der Waals surface area (Å²) in [7, 11) is -6.59. The maximum Gasteiger partial charge on any atom is 0.365 e. The monoisotopic (exact) mass is 1370 g/mol. The van der Waals surface area contributed by atoms with Gasteiger partial charge in [0.15, 0.2) is 64.0 Å². The van der Waals surface area contributed by atoms with Gasteiger partial charge in [0.1, 0.15) is 83.1 Å². The Kier molecular flexibility index (Phi) is 21.1. The average Bonchev–Trinajstić information content (AvgIpc) is 1.61. The number of imidazole rings is 3. The Hall–Kier alpha value is -4.33. The van der Waals surface area contributed by atoms with Crippen molar-refractivity contribution in [3.63, 3.8) is 0 Å². The van der Waals surface area contributed by atoms with Crippen molar-refractivity contribution in [2.45, 2.75) is 172 Å². The van der Waals surface area contributed by atoms with Crippen molar-refractivity contribution >= 4 is 85.5 Å². The number of aliphatic hydroxyl groups is 2. The number of hydrogen-bond donors (Lipinski definition) is 5. The summed E-state index contributed by atoms with van der Waals surface area (Å²) in [5, 5.41) is 29.5. The summed E-state index contributed by atoms with van der Waals surface area (Å²) in [6.45, 7) is 17.2. The summed E-state index contributed by atoms with van der Waals surface area (Å²) in [4.78, 5) is 67.5. The van der Waals surface area contributed by atoms with Crippen LogP contribution in [0.25, 0.3) is 33.5 Å². The van der Waals surface area contributed by atoms with Crippen LogP contribution in [0.1, 0.15) is 83.3 Å². The summed E-state index contributed by atoms with van der Waals surface area (Å²) in [5.74, 6) is -6.36. The molecule has 498 valence electrons. The van der Waals surface area contributed by atoms with Crippen LogP contribution in [0.15, 0.2) is 19.0 Å². The van der Waals surface area contributed by atoms with Crippen LogP contribution in [0.4, 0.5) is 0 Å². The van der Waals surface area contributed by atoms with Crippen LogP contribution in [0.3, 0.4) is 0 Å². The van der Waals surface area contributed by atoms with Crippen molar-refractivity contribution in [1.29, 1.82) is 0 Å². The van der Waals surface area contributed by atoms with Crippen molar-refractivity contribution in [2.24, 2.45) is 0 Å². The first-order valence-corrected chi connectivity index (χ1v) is 33.3. The Balaban J connectivity index is 0.000000160. The number of rotatable bonds is 20. The second kappa shape index (κ2) is 27.2. The fraction of sp³-hybridized carbons (Fsp3) is 0.680. The number of hydrogen-bond acceptors (Lipinski definition) is 29. The second-order valence-electron chi connectivity index (χ2n) is 22.1. The maximum atomic E-state index is 12.6. The van der Waals surface area contributed by atoms with E-state index < -0.39 is 138 Å². The lowest BCUT2D eigenvalue weighted by Crippen LogP contribution is -2.36. The predicted molar refractivity (Wildman–Crippen MR) is 310 cm³/mol. The summed E-state index contributed by atoms with van der Waals surface area (Å²) in [5.41, 5.74) is 4.41. The highest BCUT2D eigenvalue weighted by Gasteiger charge is 2.58. The Morgan fingerprint density at radius 3 is 1.36 bits per heavy atom. The number of ether oxygens (including phenoxy) is 10. The minimum atomic E-state index is -5.08. The molecule has 5 saturated heterocycles. The molecular weight excluding hydrogens is 1300 g/mol. The van der Waals surface area contributed by atoms with Crippen molar-refractivity contribution < 1.29 is 109 Å². The largest absolute Gasteiger partial charge is 0.479 e. The van der Waals surface area contributed by atoms with Gasteiger partial charge in [0.05, 0.1) is 50.2 Å². The van der Waals surface area contributed by atoms with Gasteiger partial charge in [-0.3, -0.25) is 27.4 Å². The van der Waals surface area contributed by atoms with Gasteiger partial charge in [-0.15, -0.1) is 0 Å². The average molecular weight is 1370 g/mol. The zero-order valence-corrected chi connectivity index (χ0v) is 55.3. The van der Waals surface area contributed by atoms with E-state index in [4.69, 9.17) is 104 Å². The lowest BCUT2D eigenvalue weighted by atomic mass is 10.1. The minimum absolute atomic E-state index is 0.0127. The summed E-state index contributed by atoms with van der Waals surface area (Å²) >= 11 is 12.1. The normalized spacial score (nSPS) is 28.2. The SMILES string of the molecule is COP(=O)(OC)C(C)OC[C@H]1O[C@@H](n2cnc3c(C)nc(C)nc32)[C@@H]2OC(C)(C)O[C@@H]21.COP(=O)(OC)C(C)OC[C@H]1O[C@@H](n2cnc3c(Cl)nc(Cl)nc32)[C@@H]2OC(C)(C)O[C@@H]21.Cc1nc(C)c2ncn([C@@H]3O[C@H](COC(C(=O)O)P(=O)(O)O)[C@@H](O)[C@H]3O)c2n1. The van der Waals surface area contributed by atoms with Crippen LogP contribution in [0, 0.1) is 27.7 Å². The molecule has 11 rings (SSSR count). The highest BCUT2D eigenvalue weighted by molar-refractivity contribution is 7.54. The van der Waals surface area contributed by atoms with Gasteiger partial charge < -0.3 is 90.6 Å². The lowest BCUT2D eigenvalue weighted by molar-refractivity contribution is -0.202. The van der Waals surface area contributed by atoms with E-state index in [1.807, 2.05) is 46.1 Å². The van der Waals surface area contributed by atoms with Crippen LogP contribution >= 0.6 is 46.0 Å². The highest BCUT2D eigenvalue weighted by Crippen LogP contribution is 2.54. The molecule has 0 radical (unpaired) electrons. The molecule has 5 fully saturated rings. The molecule has 0 saturated carbocycles. The quantitative estimate of drug-likeness (QED) is 0.0390. The third-order valence-corrected chi connectivity index (χ3v) is 20.6. The molecule has 15 atom stereocenters. The number of aromatic nitrogens is 12. The molecule has 6 aromatic rings. The van der Waals surface area contributed by atoms with Gasteiger partial charge in [0.2, 0.25) is 5.28 Å². The minimum Gasteiger partial charge on any atom is -0.479 e. The molecule has 6 aromatic heterocycles. The summed E-state index contributed by atoms with van der Waals surface area (Å²) < 4.78 is 120. The fourth-order valence-electron chi connectivity index (χ4n) is 10.8. The molecule has 0 aromatic carbocycles. The number of aryl methyl sites for hydroxylation is 4. The zero-order chi connectivity index (χ0) is 65.9. The Morgan fingerprint density at radius 2 is 0.944 bits per heavy atom. The molecular formula is C50H71Cl2N12O23P3. The number of aliphatic hydroxyl groups excluding tert-OH is 2. The van der Waals surface area contributed by atoms with Crippen molar-refractivity contribution in [3.8, 4) is 0 Å². The van der Waals surface area contributed by atoms with Gasteiger partial charge in [0, 0.05) is 28.4 Å². The van der Waals surface area contributed by atoms with Crippen molar-refractivity contribution in [3.05, 3.63) is 52.5 Å². The molecule has 3 unspecified atom stereocenters. The standard InChI is InChI=1S/C19H29N4O7P.C17H23Cl2N4O7P.C14H19N4O9P/c1-10-14-17(22-11(2)21-10)23(9-20-14)18-16-15(29-19(4,5)30-16)13(28-18)8-27-12(3)31(24,25-6)26-7;1-8(31(24,25-4)26-5)27-6-9-11-12(30-17(2,3)29-11)15(28-9)23-7-20-10-13(18)21-16(19)22-14(10)23;1-5-8-11(17-6(2)16-5)18(4-15-8)12-10(20)9(19)7(27-12)3-26-14(13(21)22)28(23,24)25/h9,12-13,15-16,18H,8H2,1-7H3;7-9,11-12,15H,6H2,1-5H3;4,7,9-10,12,14,19-20H,3H2,1-2H3,(H,21,22)(H2,23,24,25)/t12?,13-,15-,16-,18-;8?,9-,11-,12-,15-;7-,9-,10-,12-,14?/m111/s1. The lowest BCUT2D eigenvalue weighted by Gasteiger charge is -2.26. The molecule has 5 aliphatic rings. The number of nitrogens with zero attached hydrogens (tertiary/aromatic N) is 12. The van der Waals surface area contributed by atoms with Crippen LogP contribution in [-0.2, 0) is 84.0 Å². The van der Waals surface area contributed by atoms with Gasteiger partial charge in [0.25, 0.3) is 5.85 Å². The topological polar surface area (TPSA) is 429 Å².